The molecule has 7 heteroatoms. The summed E-state index contributed by atoms with van der Waals surface area (Å²) in [6.07, 6.45) is 3.63. The van der Waals surface area contributed by atoms with Gasteiger partial charge in [-0.15, -0.1) is 0 Å². The Balaban J connectivity index is 1.80. The van der Waals surface area contributed by atoms with E-state index < -0.39 is 0 Å². The Morgan fingerprint density at radius 1 is 1.33 bits per heavy atom. The summed E-state index contributed by atoms with van der Waals surface area (Å²) in [5.74, 6) is 0.535. The second-order valence-corrected chi connectivity index (χ2v) is 7.43. The van der Waals surface area contributed by atoms with Crippen LogP contribution in [0.2, 0.25) is 0 Å². The SMILES string of the molecule is CC1CCN(C(c2cccc(F)c2)c2sc3ncnn3c2O)CC1. The minimum Gasteiger partial charge on any atom is -0.492 e. The molecule has 5 nitrogen and oxygen atoms in total. The summed E-state index contributed by atoms with van der Waals surface area (Å²) in [6.45, 7) is 4.11. The van der Waals surface area contributed by atoms with E-state index in [0.717, 1.165) is 36.4 Å². The van der Waals surface area contributed by atoms with E-state index in [-0.39, 0.29) is 17.7 Å². The van der Waals surface area contributed by atoms with Gasteiger partial charge in [-0.25, -0.2) is 9.37 Å². The fourth-order valence-corrected chi connectivity index (χ4v) is 4.45. The maximum atomic E-state index is 13.8. The largest absolute Gasteiger partial charge is 0.492 e. The molecule has 0 spiro atoms. The Morgan fingerprint density at radius 3 is 2.83 bits per heavy atom. The van der Waals surface area contributed by atoms with Crippen LogP contribution in [0.5, 0.6) is 5.88 Å². The average molecular weight is 346 g/mol. The van der Waals surface area contributed by atoms with E-state index >= 15 is 0 Å². The molecule has 0 saturated carbocycles. The number of piperidine rings is 1. The lowest BCUT2D eigenvalue weighted by Gasteiger charge is -2.36. The first-order valence-electron chi connectivity index (χ1n) is 8.14. The van der Waals surface area contributed by atoms with Gasteiger partial charge >= 0.3 is 0 Å². The molecule has 1 aromatic carbocycles. The fourth-order valence-electron chi connectivity index (χ4n) is 3.36. The first-order valence-corrected chi connectivity index (χ1v) is 8.96. The van der Waals surface area contributed by atoms with Crippen molar-refractivity contribution in [2.24, 2.45) is 5.92 Å². The van der Waals surface area contributed by atoms with Crippen LogP contribution >= 0.6 is 11.3 Å². The molecule has 1 aliphatic heterocycles. The van der Waals surface area contributed by atoms with E-state index in [2.05, 4.69) is 21.9 Å². The predicted molar refractivity (Wildman–Crippen MR) is 90.7 cm³/mol. The summed E-state index contributed by atoms with van der Waals surface area (Å²) in [5.41, 5.74) is 0.851. The van der Waals surface area contributed by atoms with E-state index in [1.807, 2.05) is 6.07 Å². The highest BCUT2D eigenvalue weighted by Crippen LogP contribution is 2.41. The van der Waals surface area contributed by atoms with E-state index in [1.54, 1.807) is 12.1 Å². The molecule has 1 N–H and O–H groups in total. The first kappa shape index (κ1) is 15.5. The maximum Gasteiger partial charge on any atom is 0.230 e. The summed E-state index contributed by atoms with van der Waals surface area (Å²) in [5, 5.41) is 14.7. The van der Waals surface area contributed by atoms with Crippen LogP contribution in [0.25, 0.3) is 4.96 Å². The molecule has 0 aliphatic carbocycles. The van der Waals surface area contributed by atoms with Crippen LogP contribution in [-0.2, 0) is 0 Å². The van der Waals surface area contributed by atoms with Gasteiger partial charge in [-0.2, -0.15) is 9.61 Å². The van der Waals surface area contributed by atoms with Crippen molar-refractivity contribution in [2.45, 2.75) is 25.8 Å². The molecule has 0 amide bonds. The lowest BCUT2D eigenvalue weighted by atomic mass is 9.95. The third-order valence-electron chi connectivity index (χ3n) is 4.73. The van der Waals surface area contributed by atoms with Gasteiger partial charge in [0.2, 0.25) is 10.8 Å². The lowest BCUT2D eigenvalue weighted by Crippen LogP contribution is -2.36. The second kappa shape index (κ2) is 6.14. The van der Waals surface area contributed by atoms with Gasteiger partial charge in [0, 0.05) is 0 Å². The molecular formula is C17H19FN4OS. The number of aromatic nitrogens is 3. The first-order chi connectivity index (χ1) is 11.6. The molecule has 1 saturated heterocycles. The summed E-state index contributed by atoms with van der Waals surface area (Å²) in [6, 6.07) is 6.46. The molecule has 4 rings (SSSR count). The van der Waals surface area contributed by atoms with Crippen LogP contribution in [-0.4, -0.2) is 37.7 Å². The number of aromatic hydroxyl groups is 1. The summed E-state index contributed by atoms with van der Waals surface area (Å²) < 4.78 is 15.3. The monoisotopic (exact) mass is 346 g/mol. The van der Waals surface area contributed by atoms with Crippen molar-refractivity contribution in [1.82, 2.24) is 19.5 Å². The standard InChI is InChI=1S/C17H19FN4OS/c1-11-5-7-21(8-6-11)14(12-3-2-4-13(18)9-12)15-16(23)22-17(24-15)19-10-20-22/h2-4,9-11,14,23H,5-8H2,1H3. The third kappa shape index (κ3) is 2.67. The number of hydrogen-bond acceptors (Lipinski definition) is 5. The highest BCUT2D eigenvalue weighted by molar-refractivity contribution is 7.17. The number of benzene rings is 1. The molecule has 1 aliphatic rings. The van der Waals surface area contributed by atoms with Crippen molar-refractivity contribution >= 4 is 16.3 Å². The van der Waals surface area contributed by atoms with Crippen LogP contribution in [0, 0.1) is 11.7 Å². The van der Waals surface area contributed by atoms with Crippen molar-refractivity contribution in [3.8, 4) is 5.88 Å². The smallest absolute Gasteiger partial charge is 0.230 e. The van der Waals surface area contributed by atoms with Crippen molar-refractivity contribution in [3.05, 3.63) is 46.9 Å². The molecule has 2 aromatic heterocycles. The topological polar surface area (TPSA) is 53.7 Å². The van der Waals surface area contributed by atoms with Gasteiger partial charge in [0.05, 0.1) is 10.9 Å². The zero-order valence-electron chi connectivity index (χ0n) is 13.4. The highest BCUT2D eigenvalue weighted by atomic mass is 32.1. The quantitative estimate of drug-likeness (QED) is 0.789. The minimum absolute atomic E-state index is 0.0976. The van der Waals surface area contributed by atoms with Gasteiger partial charge in [-0.05, 0) is 49.5 Å². The summed E-state index contributed by atoms with van der Waals surface area (Å²) >= 11 is 1.41. The number of hydrogen-bond donors (Lipinski definition) is 1. The zero-order chi connectivity index (χ0) is 16.7. The molecular weight excluding hydrogens is 327 g/mol. The lowest BCUT2D eigenvalue weighted by molar-refractivity contribution is 0.157. The van der Waals surface area contributed by atoms with Crippen LogP contribution in [0.4, 0.5) is 4.39 Å². The Hall–Kier alpha value is -1.99. The van der Waals surface area contributed by atoms with E-state index in [4.69, 9.17) is 0 Å². The molecule has 0 bridgehead atoms. The van der Waals surface area contributed by atoms with Crippen LogP contribution in [0.15, 0.2) is 30.6 Å². The molecule has 0 radical (unpaired) electrons. The normalized spacial score (nSPS) is 18.2. The average Bonchev–Trinajstić information content (AvgIpc) is 3.14. The van der Waals surface area contributed by atoms with Gasteiger partial charge in [0.1, 0.15) is 12.1 Å². The van der Waals surface area contributed by atoms with Crippen molar-refractivity contribution in [2.75, 3.05) is 13.1 Å². The number of likely N-dealkylation sites (tertiary alicyclic amines) is 1. The Labute approximate surface area is 143 Å². The maximum absolute atomic E-state index is 13.8. The van der Waals surface area contributed by atoms with E-state index in [1.165, 1.54) is 28.2 Å². The Morgan fingerprint density at radius 2 is 2.12 bits per heavy atom. The van der Waals surface area contributed by atoms with E-state index in [9.17, 15) is 9.50 Å². The summed E-state index contributed by atoms with van der Waals surface area (Å²) in [4.78, 5) is 7.90. The number of nitrogens with zero attached hydrogens (tertiary/aromatic N) is 4. The molecule has 126 valence electrons. The molecule has 3 aromatic rings. The fraction of sp³-hybridized carbons (Fsp3) is 0.412. The third-order valence-corrected chi connectivity index (χ3v) is 5.82. The molecule has 24 heavy (non-hydrogen) atoms. The second-order valence-electron chi connectivity index (χ2n) is 6.42. The van der Waals surface area contributed by atoms with Gasteiger partial charge in [-0.3, -0.25) is 4.90 Å². The van der Waals surface area contributed by atoms with Crippen molar-refractivity contribution < 1.29 is 9.50 Å². The zero-order valence-corrected chi connectivity index (χ0v) is 14.2. The van der Waals surface area contributed by atoms with Crippen molar-refractivity contribution in [1.29, 1.82) is 0 Å². The van der Waals surface area contributed by atoms with Gasteiger partial charge in [0.15, 0.2) is 0 Å². The molecule has 1 atom stereocenters. The molecule has 3 heterocycles. The highest BCUT2D eigenvalue weighted by Gasteiger charge is 2.31. The van der Waals surface area contributed by atoms with Crippen LogP contribution < -0.4 is 0 Å². The number of halogens is 1. The number of rotatable bonds is 3. The Bertz CT molecular complexity index is 853. The van der Waals surface area contributed by atoms with Crippen molar-refractivity contribution in [3.63, 3.8) is 0 Å². The van der Waals surface area contributed by atoms with Gasteiger partial charge < -0.3 is 5.11 Å². The molecule has 1 unspecified atom stereocenters. The number of fused-ring (bicyclic) bond motifs is 1. The van der Waals surface area contributed by atoms with Gasteiger partial charge in [0.25, 0.3) is 0 Å². The predicted octanol–water partition coefficient (Wildman–Crippen LogP) is 3.46. The van der Waals surface area contributed by atoms with E-state index in [0.29, 0.717) is 10.9 Å². The molecule has 1 fully saturated rings. The Kier molecular flexibility index (Phi) is 3.97. The minimum atomic E-state index is -0.262. The number of thiazole rings is 1. The van der Waals surface area contributed by atoms with Crippen LogP contribution in [0.1, 0.15) is 36.2 Å². The van der Waals surface area contributed by atoms with Gasteiger partial charge in [-0.1, -0.05) is 30.4 Å². The van der Waals surface area contributed by atoms with Crippen LogP contribution in [0.3, 0.4) is 0 Å². The summed E-state index contributed by atoms with van der Waals surface area (Å²) in [7, 11) is 0.